The van der Waals surface area contributed by atoms with E-state index in [9.17, 15) is 10.1 Å². The molecule has 3 saturated heterocycles. The normalized spacial score (nSPS) is 25.5. The van der Waals surface area contributed by atoms with Gasteiger partial charge in [-0.1, -0.05) is 19.1 Å². The number of nitriles is 1. The summed E-state index contributed by atoms with van der Waals surface area (Å²) in [5.74, 6) is 0.971. The summed E-state index contributed by atoms with van der Waals surface area (Å²) >= 11 is 0. The molecule has 1 aromatic carbocycles. The second kappa shape index (κ2) is 13.6. The number of rotatable bonds is 8. The van der Waals surface area contributed by atoms with Crippen LogP contribution in [0.25, 0.3) is 11.4 Å². The van der Waals surface area contributed by atoms with Gasteiger partial charge in [0.25, 0.3) is 5.91 Å². The van der Waals surface area contributed by atoms with E-state index in [1.165, 1.54) is 17.4 Å². The number of allylic oxidation sites excluding steroid dienone is 1. The summed E-state index contributed by atoms with van der Waals surface area (Å²) in [5, 5.41) is 13.2. The number of hydrogen-bond donors (Lipinski definition) is 1. The van der Waals surface area contributed by atoms with Gasteiger partial charge in [0.05, 0.1) is 37.6 Å². The number of carbonyl (C=O) groups is 1. The van der Waals surface area contributed by atoms with Gasteiger partial charge in [0, 0.05) is 56.4 Å². The summed E-state index contributed by atoms with van der Waals surface area (Å²) < 4.78 is 31.5. The van der Waals surface area contributed by atoms with E-state index < -0.39 is 18.2 Å². The van der Waals surface area contributed by atoms with Gasteiger partial charge >= 0.3 is 0 Å². The number of benzene rings is 1. The minimum absolute atomic E-state index is 0.0610. The Kier molecular flexibility index (Phi) is 8.92. The van der Waals surface area contributed by atoms with Crippen molar-refractivity contribution >= 4 is 11.9 Å². The van der Waals surface area contributed by atoms with Crippen molar-refractivity contribution in [1.82, 2.24) is 34.6 Å². The molecule has 1 amide bonds. The molecule has 3 aliphatic heterocycles. The number of ether oxygens (including phenoxy) is 2. The van der Waals surface area contributed by atoms with Crippen LogP contribution < -0.4 is 10.1 Å². The number of likely N-dealkylation sites (tertiary alicyclic amines) is 1. The first kappa shape index (κ1) is 30.9. The third-order valence-corrected chi connectivity index (χ3v) is 9.24. The second-order valence-corrected chi connectivity index (χ2v) is 12.3. The highest BCUT2D eigenvalue weighted by molar-refractivity contribution is 5.91. The lowest BCUT2D eigenvalue weighted by molar-refractivity contribution is -0.0792. The quantitative estimate of drug-likeness (QED) is 0.386. The zero-order chi connectivity index (χ0) is 32.3. The molecule has 2 unspecified atom stereocenters. The number of piperidine rings is 1. The largest absolute Gasteiger partial charge is 0.486 e. The topological polar surface area (TPSA) is 146 Å². The average Bonchev–Trinajstić information content (AvgIpc) is 3.61. The van der Waals surface area contributed by atoms with E-state index in [1.807, 2.05) is 0 Å². The zero-order valence-electron chi connectivity index (χ0n) is 26.0. The molecule has 2 aromatic heterocycles. The molecule has 3 fully saturated rings. The molecule has 4 atom stereocenters. The molecular weight excluding hydrogens is 605 g/mol. The number of amides is 1. The van der Waals surface area contributed by atoms with Gasteiger partial charge < -0.3 is 24.1 Å². The van der Waals surface area contributed by atoms with E-state index in [0.717, 1.165) is 51.5 Å². The maximum absolute atomic E-state index is 15.1. The summed E-state index contributed by atoms with van der Waals surface area (Å²) in [6.45, 7) is 8.28. The number of alkyl halides is 1. The van der Waals surface area contributed by atoms with Gasteiger partial charge in [-0.2, -0.15) is 10.2 Å². The smallest absolute Gasteiger partial charge is 0.291 e. The first-order valence-corrected chi connectivity index (χ1v) is 15.9. The van der Waals surface area contributed by atoms with Crippen LogP contribution in [-0.2, 0) is 4.74 Å². The third-order valence-electron chi connectivity index (χ3n) is 9.24. The molecular formula is C33H36FN9O4. The van der Waals surface area contributed by atoms with Gasteiger partial charge in [-0.3, -0.25) is 14.6 Å². The van der Waals surface area contributed by atoms with Crippen LogP contribution in [0.1, 0.15) is 29.5 Å². The Hall–Kier alpha value is -4.71. The molecule has 5 heterocycles. The molecule has 0 bridgehead atoms. The van der Waals surface area contributed by atoms with Crippen LogP contribution in [0.15, 0.2) is 65.5 Å². The van der Waals surface area contributed by atoms with Gasteiger partial charge in [0.2, 0.25) is 11.7 Å². The number of carbonyl (C=O) groups excluding carboxylic acids is 1. The van der Waals surface area contributed by atoms with Gasteiger partial charge in [-0.15, -0.1) is 0 Å². The maximum atomic E-state index is 15.1. The van der Waals surface area contributed by atoms with E-state index in [1.54, 1.807) is 18.2 Å². The molecule has 244 valence electrons. The minimum Gasteiger partial charge on any atom is -0.486 e. The van der Waals surface area contributed by atoms with E-state index in [2.05, 4.69) is 66.3 Å². The lowest BCUT2D eigenvalue weighted by Gasteiger charge is -2.45. The van der Waals surface area contributed by atoms with Crippen LogP contribution in [0, 0.1) is 17.2 Å². The first-order valence-electron chi connectivity index (χ1n) is 15.9. The van der Waals surface area contributed by atoms with E-state index in [-0.39, 0.29) is 36.6 Å². The summed E-state index contributed by atoms with van der Waals surface area (Å²) in [6.07, 6.45) is 8.41. The summed E-state index contributed by atoms with van der Waals surface area (Å²) in [5.41, 5.74) is 1.73. The van der Waals surface area contributed by atoms with Crippen molar-refractivity contribution in [3.63, 3.8) is 0 Å². The average molecular weight is 642 g/mol. The number of nitrogens with one attached hydrogen (secondary N) is 1. The third kappa shape index (κ3) is 6.73. The van der Waals surface area contributed by atoms with E-state index in [0.29, 0.717) is 35.3 Å². The van der Waals surface area contributed by atoms with Gasteiger partial charge in [-0.05, 0) is 30.2 Å². The number of anilines is 1. The highest BCUT2D eigenvalue weighted by Crippen LogP contribution is 2.29. The predicted molar refractivity (Wildman–Crippen MR) is 168 cm³/mol. The standard InChI is InChI=1S/C33H36FN9O4/c1-21-12-24(3-4-27(21)42-10-8-41(9-11-42)25-17-45-18-25)39-33-38-19-37-31(40-33)22-2-5-28(23(13-22)14-35)47-29-6-7-43(16-26(29)34)32(44)30-15-36-20-46-30/h2-5,12-13,15,19-21,25-27,29H,6-11,16-18H2,1H3,(H,37,38,39,40)/t21?,26-,27?,29+/m1/s1. The van der Waals surface area contributed by atoms with Gasteiger partial charge in [0.15, 0.2) is 18.4 Å². The Morgan fingerprint density at radius 2 is 1.98 bits per heavy atom. The molecule has 4 aliphatic rings. The maximum Gasteiger partial charge on any atom is 0.291 e. The van der Waals surface area contributed by atoms with Crippen molar-refractivity contribution in [1.29, 1.82) is 5.26 Å². The summed E-state index contributed by atoms with van der Waals surface area (Å²) in [7, 11) is 0. The summed E-state index contributed by atoms with van der Waals surface area (Å²) in [6, 6.07) is 8.03. The van der Waals surface area contributed by atoms with Crippen molar-refractivity contribution in [2.75, 3.05) is 57.8 Å². The monoisotopic (exact) mass is 641 g/mol. The fraction of sp³-hybridized carbons (Fsp3) is 0.455. The molecule has 0 spiro atoms. The van der Waals surface area contributed by atoms with Crippen molar-refractivity contribution in [3.05, 3.63) is 72.4 Å². The van der Waals surface area contributed by atoms with Crippen LogP contribution in [0.2, 0.25) is 0 Å². The number of aromatic nitrogens is 4. The molecule has 3 aromatic rings. The van der Waals surface area contributed by atoms with Crippen LogP contribution in [0.3, 0.4) is 0 Å². The molecule has 14 heteroatoms. The number of halogens is 1. The highest BCUT2D eigenvalue weighted by Gasteiger charge is 2.35. The van der Waals surface area contributed by atoms with Crippen LogP contribution in [0.5, 0.6) is 5.75 Å². The van der Waals surface area contributed by atoms with Crippen molar-refractivity contribution < 1.29 is 23.1 Å². The molecule has 1 N–H and O–H groups in total. The number of hydrogen-bond acceptors (Lipinski definition) is 12. The molecule has 1 aliphatic carbocycles. The van der Waals surface area contributed by atoms with E-state index >= 15 is 4.39 Å². The number of nitrogens with zero attached hydrogens (tertiary/aromatic N) is 8. The van der Waals surface area contributed by atoms with Crippen LogP contribution in [0.4, 0.5) is 10.3 Å². The Balaban J connectivity index is 0.961. The first-order chi connectivity index (χ1) is 22.9. The lowest BCUT2D eigenvalue weighted by atomic mass is 9.93. The predicted octanol–water partition coefficient (Wildman–Crippen LogP) is 2.92. The molecule has 13 nitrogen and oxygen atoms in total. The highest BCUT2D eigenvalue weighted by atomic mass is 19.1. The Labute approximate surface area is 271 Å². The fourth-order valence-corrected chi connectivity index (χ4v) is 6.51. The zero-order valence-corrected chi connectivity index (χ0v) is 26.0. The lowest BCUT2D eigenvalue weighted by Crippen LogP contribution is -2.58. The van der Waals surface area contributed by atoms with Crippen LogP contribution in [-0.4, -0.2) is 117 Å². The Morgan fingerprint density at radius 3 is 2.68 bits per heavy atom. The van der Waals surface area contributed by atoms with Crippen LogP contribution >= 0.6 is 0 Å². The molecule has 0 radical (unpaired) electrons. The SMILES string of the molecule is CC1C=C(Nc2ncnc(-c3ccc(O[C@H]4CCN(C(=O)c5cnco5)C[C@H]4F)c(C#N)c3)n2)C=CC1N1CCN(C2COC2)CC1. The Bertz CT molecular complexity index is 1680. The number of oxazole rings is 1. The van der Waals surface area contributed by atoms with Gasteiger partial charge in [-0.25, -0.2) is 19.3 Å². The fourth-order valence-electron chi connectivity index (χ4n) is 6.51. The minimum atomic E-state index is -1.45. The Morgan fingerprint density at radius 1 is 1.15 bits per heavy atom. The van der Waals surface area contributed by atoms with Crippen molar-refractivity contribution in [3.8, 4) is 23.2 Å². The molecule has 7 rings (SSSR count). The van der Waals surface area contributed by atoms with Crippen molar-refractivity contribution in [2.45, 2.75) is 37.7 Å². The van der Waals surface area contributed by atoms with Crippen molar-refractivity contribution in [2.24, 2.45) is 5.92 Å². The van der Waals surface area contributed by atoms with Gasteiger partial charge in [0.1, 0.15) is 24.3 Å². The second-order valence-electron chi connectivity index (χ2n) is 12.3. The van der Waals surface area contributed by atoms with E-state index in [4.69, 9.17) is 13.9 Å². The molecule has 47 heavy (non-hydrogen) atoms. The summed E-state index contributed by atoms with van der Waals surface area (Å²) in [4.78, 5) is 35.9. The number of piperazine rings is 1. The molecule has 0 saturated carbocycles.